The lowest BCUT2D eigenvalue weighted by molar-refractivity contribution is 0.0679. The van der Waals surface area contributed by atoms with Crippen LogP contribution in [0, 0.1) is 5.92 Å². The van der Waals surface area contributed by atoms with Gasteiger partial charge in [0.2, 0.25) is 0 Å². The maximum atomic E-state index is 12.6. The molecular formula is C17H26N2O2. The molecule has 0 radical (unpaired) electrons. The summed E-state index contributed by atoms with van der Waals surface area (Å²) in [6.45, 7) is 4.76. The molecule has 0 atom stereocenters. The number of nitrogens with two attached hydrogens (primary N) is 1. The van der Waals surface area contributed by atoms with E-state index in [1.807, 2.05) is 18.9 Å². The fourth-order valence-electron chi connectivity index (χ4n) is 2.97. The Bertz CT molecular complexity index is 494. The summed E-state index contributed by atoms with van der Waals surface area (Å²) < 4.78 is 5.41. The van der Waals surface area contributed by atoms with E-state index in [4.69, 9.17) is 10.5 Å². The number of carbonyl (C=O) groups excluding carboxylic acids is 1. The van der Waals surface area contributed by atoms with E-state index in [9.17, 15) is 4.79 Å². The molecule has 0 saturated heterocycles. The number of benzene rings is 1. The van der Waals surface area contributed by atoms with Crippen LogP contribution < -0.4 is 10.5 Å². The van der Waals surface area contributed by atoms with Crippen molar-refractivity contribution in [3.63, 3.8) is 0 Å². The van der Waals surface area contributed by atoms with Crippen molar-refractivity contribution < 1.29 is 9.53 Å². The molecule has 0 aromatic heterocycles. The van der Waals surface area contributed by atoms with Crippen molar-refractivity contribution in [2.45, 2.75) is 45.6 Å². The standard InChI is InChI=1S/C17H26N2O2/c1-4-21-16-10-7-13(11-15(16)18)17(20)19(3)14-8-5-12(2)6-9-14/h7,10-12,14H,4-6,8-9,18H2,1-3H3. The first-order valence-electron chi connectivity index (χ1n) is 7.82. The van der Waals surface area contributed by atoms with Crippen LogP contribution >= 0.6 is 0 Å². The van der Waals surface area contributed by atoms with Crippen molar-refractivity contribution in [1.29, 1.82) is 0 Å². The highest BCUT2D eigenvalue weighted by molar-refractivity contribution is 5.95. The third kappa shape index (κ3) is 3.69. The van der Waals surface area contributed by atoms with Crippen LogP contribution in [0.3, 0.4) is 0 Å². The van der Waals surface area contributed by atoms with E-state index in [1.54, 1.807) is 18.2 Å². The van der Waals surface area contributed by atoms with Gasteiger partial charge in [0.1, 0.15) is 5.75 Å². The minimum atomic E-state index is 0.0456. The Kier molecular flexibility index (Phi) is 5.10. The summed E-state index contributed by atoms with van der Waals surface area (Å²) in [5.41, 5.74) is 7.10. The molecule has 1 saturated carbocycles. The van der Waals surface area contributed by atoms with E-state index in [0.717, 1.165) is 18.8 Å². The quantitative estimate of drug-likeness (QED) is 0.865. The molecule has 1 aliphatic rings. The molecule has 1 aliphatic carbocycles. The molecule has 0 spiro atoms. The highest BCUT2D eigenvalue weighted by Crippen LogP contribution is 2.28. The second-order valence-corrected chi connectivity index (χ2v) is 6.02. The summed E-state index contributed by atoms with van der Waals surface area (Å²) in [7, 11) is 1.90. The van der Waals surface area contributed by atoms with Crippen molar-refractivity contribution in [2.24, 2.45) is 5.92 Å². The van der Waals surface area contributed by atoms with Crippen LogP contribution in [0.2, 0.25) is 0 Å². The fraction of sp³-hybridized carbons (Fsp3) is 0.588. The zero-order valence-corrected chi connectivity index (χ0v) is 13.3. The number of amides is 1. The minimum Gasteiger partial charge on any atom is -0.492 e. The lowest BCUT2D eigenvalue weighted by atomic mass is 9.86. The van der Waals surface area contributed by atoms with E-state index >= 15 is 0 Å². The normalized spacial score (nSPS) is 21.9. The molecule has 0 heterocycles. The molecular weight excluding hydrogens is 264 g/mol. The average Bonchev–Trinajstić information content (AvgIpc) is 2.49. The van der Waals surface area contributed by atoms with Crippen LogP contribution in [0.15, 0.2) is 18.2 Å². The first-order chi connectivity index (χ1) is 10.0. The lowest BCUT2D eigenvalue weighted by Gasteiger charge is -2.33. The number of carbonyl (C=O) groups is 1. The SMILES string of the molecule is CCOc1ccc(C(=O)N(C)C2CCC(C)CC2)cc1N. The van der Waals surface area contributed by atoms with Gasteiger partial charge in [-0.25, -0.2) is 0 Å². The van der Waals surface area contributed by atoms with Crippen molar-refractivity contribution in [2.75, 3.05) is 19.4 Å². The number of ether oxygens (including phenoxy) is 1. The minimum absolute atomic E-state index is 0.0456. The molecule has 1 fully saturated rings. The fourth-order valence-corrected chi connectivity index (χ4v) is 2.97. The summed E-state index contributed by atoms with van der Waals surface area (Å²) in [5, 5.41) is 0. The molecule has 1 amide bonds. The van der Waals surface area contributed by atoms with Gasteiger partial charge in [0.15, 0.2) is 0 Å². The Morgan fingerprint density at radius 3 is 2.57 bits per heavy atom. The summed E-state index contributed by atoms with van der Waals surface area (Å²) in [5.74, 6) is 1.47. The van der Waals surface area contributed by atoms with Gasteiger partial charge in [-0.2, -0.15) is 0 Å². The number of hydrogen-bond donors (Lipinski definition) is 1. The maximum Gasteiger partial charge on any atom is 0.253 e. The van der Waals surface area contributed by atoms with Gasteiger partial charge in [-0.1, -0.05) is 6.92 Å². The largest absolute Gasteiger partial charge is 0.492 e. The summed E-state index contributed by atoms with van der Waals surface area (Å²) in [4.78, 5) is 14.5. The predicted octanol–water partition coefficient (Wildman–Crippen LogP) is 3.32. The number of rotatable bonds is 4. The topological polar surface area (TPSA) is 55.6 Å². The summed E-state index contributed by atoms with van der Waals surface area (Å²) >= 11 is 0. The highest BCUT2D eigenvalue weighted by Gasteiger charge is 2.25. The van der Waals surface area contributed by atoms with E-state index in [-0.39, 0.29) is 5.91 Å². The first kappa shape index (κ1) is 15.7. The number of nitrogen functional groups attached to an aromatic ring is 1. The molecule has 1 aromatic carbocycles. The summed E-state index contributed by atoms with van der Waals surface area (Å²) in [6, 6.07) is 5.64. The maximum absolute atomic E-state index is 12.6. The molecule has 4 heteroatoms. The van der Waals surface area contributed by atoms with Gasteiger partial charge in [0, 0.05) is 18.7 Å². The Balaban J connectivity index is 2.07. The molecule has 0 aliphatic heterocycles. The highest BCUT2D eigenvalue weighted by atomic mass is 16.5. The second kappa shape index (κ2) is 6.83. The van der Waals surface area contributed by atoms with Crippen LogP contribution in [0.1, 0.15) is 49.9 Å². The van der Waals surface area contributed by atoms with Crippen LogP contribution in [0.4, 0.5) is 5.69 Å². The van der Waals surface area contributed by atoms with Gasteiger partial charge < -0.3 is 15.4 Å². The molecule has 1 aromatic rings. The molecule has 2 N–H and O–H groups in total. The Morgan fingerprint density at radius 1 is 1.33 bits per heavy atom. The number of hydrogen-bond acceptors (Lipinski definition) is 3. The van der Waals surface area contributed by atoms with Gasteiger partial charge in [-0.15, -0.1) is 0 Å². The third-order valence-electron chi connectivity index (χ3n) is 4.41. The lowest BCUT2D eigenvalue weighted by Crippen LogP contribution is -2.39. The predicted molar refractivity (Wildman–Crippen MR) is 85.5 cm³/mol. The first-order valence-corrected chi connectivity index (χ1v) is 7.82. The van der Waals surface area contributed by atoms with Gasteiger partial charge in [-0.3, -0.25) is 4.79 Å². The third-order valence-corrected chi connectivity index (χ3v) is 4.41. The number of anilines is 1. The zero-order chi connectivity index (χ0) is 15.4. The Morgan fingerprint density at radius 2 is 2.00 bits per heavy atom. The van der Waals surface area contributed by atoms with Crippen LogP contribution in [-0.4, -0.2) is 30.5 Å². The van der Waals surface area contributed by atoms with Crippen LogP contribution in [-0.2, 0) is 0 Å². The molecule has 116 valence electrons. The van der Waals surface area contributed by atoms with E-state index in [2.05, 4.69) is 6.92 Å². The van der Waals surface area contributed by atoms with Crippen molar-refractivity contribution in [1.82, 2.24) is 4.90 Å². The van der Waals surface area contributed by atoms with E-state index < -0.39 is 0 Å². The van der Waals surface area contributed by atoms with Crippen molar-refractivity contribution in [3.05, 3.63) is 23.8 Å². The van der Waals surface area contributed by atoms with Gasteiger partial charge in [-0.05, 0) is 56.7 Å². The summed E-state index contributed by atoms with van der Waals surface area (Å²) in [6.07, 6.45) is 4.59. The van der Waals surface area contributed by atoms with E-state index in [1.165, 1.54) is 12.8 Å². The molecule has 2 rings (SSSR count). The molecule has 21 heavy (non-hydrogen) atoms. The zero-order valence-electron chi connectivity index (χ0n) is 13.3. The monoisotopic (exact) mass is 290 g/mol. The molecule has 0 bridgehead atoms. The van der Waals surface area contributed by atoms with Crippen molar-refractivity contribution in [3.8, 4) is 5.75 Å². The Labute approximate surface area is 127 Å². The average molecular weight is 290 g/mol. The Hall–Kier alpha value is -1.71. The molecule has 4 nitrogen and oxygen atoms in total. The van der Waals surface area contributed by atoms with Gasteiger partial charge >= 0.3 is 0 Å². The van der Waals surface area contributed by atoms with Crippen LogP contribution in [0.25, 0.3) is 0 Å². The number of nitrogens with zero attached hydrogens (tertiary/aromatic N) is 1. The van der Waals surface area contributed by atoms with Crippen molar-refractivity contribution >= 4 is 11.6 Å². The smallest absolute Gasteiger partial charge is 0.253 e. The second-order valence-electron chi connectivity index (χ2n) is 6.02. The van der Waals surface area contributed by atoms with E-state index in [0.29, 0.717) is 29.6 Å². The van der Waals surface area contributed by atoms with Gasteiger partial charge in [0.25, 0.3) is 5.91 Å². The molecule has 0 unspecified atom stereocenters. The van der Waals surface area contributed by atoms with Crippen LogP contribution in [0.5, 0.6) is 5.75 Å². The van der Waals surface area contributed by atoms with Gasteiger partial charge in [0.05, 0.1) is 12.3 Å².